The van der Waals surface area contributed by atoms with Gasteiger partial charge in [0.1, 0.15) is 5.75 Å². The number of fused-ring (bicyclic) bond motifs is 1. The number of amides is 1. The lowest BCUT2D eigenvalue weighted by Gasteiger charge is -2.17. The molecule has 0 bridgehead atoms. The van der Waals surface area contributed by atoms with Crippen LogP contribution in [0.5, 0.6) is 5.75 Å². The molecule has 32 heavy (non-hydrogen) atoms. The van der Waals surface area contributed by atoms with E-state index in [1.807, 2.05) is 0 Å². The highest BCUT2D eigenvalue weighted by molar-refractivity contribution is 6.30. The first kappa shape index (κ1) is 23.3. The van der Waals surface area contributed by atoms with E-state index < -0.39 is 12.1 Å². The van der Waals surface area contributed by atoms with Crippen LogP contribution in [0.2, 0.25) is 5.02 Å². The summed E-state index contributed by atoms with van der Waals surface area (Å²) in [5.41, 5.74) is 2.35. The zero-order valence-corrected chi connectivity index (χ0v) is 19.4. The Morgan fingerprint density at radius 2 is 1.75 bits per heavy atom. The van der Waals surface area contributed by atoms with Crippen LogP contribution in [0, 0.1) is 6.92 Å². The van der Waals surface area contributed by atoms with Crippen molar-refractivity contribution in [3.63, 3.8) is 0 Å². The lowest BCUT2D eigenvalue weighted by molar-refractivity contribution is -0.157. The van der Waals surface area contributed by atoms with Crippen LogP contribution in [0.4, 0.5) is 0 Å². The number of carbonyl (C=O) groups excluding carboxylic acids is 3. The first-order valence-corrected chi connectivity index (χ1v) is 10.4. The van der Waals surface area contributed by atoms with Gasteiger partial charge in [-0.2, -0.15) is 0 Å². The van der Waals surface area contributed by atoms with Crippen LogP contribution in [0.1, 0.15) is 28.5 Å². The molecule has 0 spiro atoms. The largest absolute Gasteiger partial charge is 0.497 e. The van der Waals surface area contributed by atoms with Gasteiger partial charge in [-0.1, -0.05) is 11.6 Å². The van der Waals surface area contributed by atoms with Crippen molar-refractivity contribution in [2.24, 2.45) is 0 Å². The Kier molecular flexibility index (Phi) is 6.89. The van der Waals surface area contributed by atoms with E-state index in [1.165, 1.54) is 11.8 Å². The van der Waals surface area contributed by atoms with Gasteiger partial charge in [-0.25, -0.2) is 0 Å². The number of halogens is 1. The molecule has 0 aliphatic heterocycles. The molecule has 0 fully saturated rings. The highest BCUT2D eigenvalue weighted by atomic mass is 35.5. The minimum Gasteiger partial charge on any atom is -0.497 e. The maximum Gasteiger partial charge on any atom is 0.311 e. The SMILES string of the molecule is COc1ccc2c(c1)c(CC(=O)O[C@@H](C)C(=O)N(C)C)c(C)n2C(=O)c1ccc(Cl)cc1. The fraction of sp³-hybridized carbons (Fsp3) is 0.292. The fourth-order valence-corrected chi connectivity index (χ4v) is 3.72. The standard InChI is InChI=1S/C24H25ClN2O5/c1-14-19(13-22(28)32-15(2)23(29)26(3)4)20-12-18(31-5)10-11-21(20)27(14)24(30)16-6-8-17(25)9-7-16/h6-12,15H,13H2,1-5H3/t15-/m0/s1. The van der Waals surface area contributed by atoms with E-state index in [1.54, 1.807) is 75.2 Å². The highest BCUT2D eigenvalue weighted by Gasteiger charge is 2.25. The van der Waals surface area contributed by atoms with E-state index in [0.717, 1.165) is 0 Å². The second-order valence-electron chi connectivity index (χ2n) is 7.64. The number of benzene rings is 2. The molecule has 0 saturated heterocycles. The number of methoxy groups -OCH3 is 1. The van der Waals surface area contributed by atoms with Gasteiger partial charge in [0, 0.05) is 35.8 Å². The van der Waals surface area contributed by atoms with E-state index in [-0.39, 0.29) is 18.2 Å². The van der Waals surface area contributed by atoms with Crippen LogP contribution in [0.15, 0.2) is 42.5 Å². The van der Waals surface area contributed by atoms with Crippen LogP contribution in [-0.4, -0.2) is 54.6 Å². The molecule has 3 aromatic rings. The van der Waals surface area contributed by atoms with Crippen molar-refractivity contribution in [2.75, 3.05) is 21.2 Å². The predicted octanol–water partition coefficient (Wildman–Crippen LogP) is 3.86. The van der Waals surface area contributed by atoms with E-state index >= 15 is 0 Å². The van der Waals surface area contributed by atoms with Gasteiger partial charge in [0.15, 0.2) is 6.10 Å². The van der Waals surface area contributed by atoms with Crippen LogP contribution in [-0.2, 0) is 20.7 Å². The summed E-state index contributed by atoms with van der Waals surface area (Å²) >= 11 is 5.96. The number of likely N-dealkylation sites (N-methyl/N-ethyl adjacent to an activating group) is 1. The van der Waals surface area contributed by atoms with Gasteiger partial charge in [0.25, 0.3) is 11.8 Å². The summed E-state index contributed by atoms with van der Waals surface area (Å²) in [6.45, 7) is 3.31. The lowest BCUT2D eigenvalue weighted by atomic mass is 10.1. The second-order valence-corrected chi connectivity index (χ2v) is 8.07. The van der Waals surface area contributed by atoms with E-state index in [9.17, 15) is 14.4 Å². The number of ether oxygens (including phenoxy) is 2. The Morgan fingerprint density at radius 3 is 2.34 bits per heavy atom. The van der Waals surface area contributed by atoms with Crippen LogP contribution in [0.3, 0.4) is 0 Å². The molecule has 1 amide bonds. The topological polar surface area (TPSA) is 77.8 Å². The molecule has 2 aromatic carbocycles. The average Bonchev–Trinajstić information content (AvgIpc) is 3.03. The Bertz CT molecular complexity index is 1180. The van der Waals surface area contributed by atoms with Gasteiger partial charge in [-0.15, -0.1) is 0 Å². The van der Waals surface area contributed by atoms with Crippen molar-refractivity contribution >= 4 is 40.3 Å². The van der Waals surface area contributed by atoms with Gasteiger partial charge in [0.05, 0.1) is 19.0 Å². The van der Waals surface area contributed by atoms with Crippen molar-refractivity contribution in [3.05, 3.63) is 64.3 Å². The monoisotopic (exact) mass is 456 g/mol. The molecule has 0 aliphatic carbocycles. The quantitative estimate of drug-likeness (QED) is 0.526. The molecule has 0 saturated carbocycles. The van der Waals surface area contributed by atoms with Crippen LogP contribution >= 0.6 is 11.6 Å². The number of carbonyl (C=O) groups is 3. The summed E-state index contributed by atoms with van der Waals surface area (Å²) in [7, 11) is 4.74. The molecule has 1 atom stereocenters. The Morgan fingerprint density at radius 1 is 1.09 bits per heavy atom. The lowest BCUT2D eigenvalue weighted by Crippen LogP contribution is -2.35. The maximum absolute atomic E-state index is 13.3. The first-order valence-electron chi connectivity index (χ1n) is 10.0. The third-order valence-corrected chi connectivity index (χ3v) is 5.51. The van der Waals surface area contributed by atoms with Gasteiger partial charge in [-0.3, -0.25) is 19.0 Å². The zero-order valence-electron chi connectivity index (χ0n) is 18.6. The molecule has 1 heterocycles. The average molecular weight is 457 g/mol. The molecule has 7 nitrogen and oxygen atoms in total. The summed E-state index contributed by atoms with van der Waals surface area (Å²) in [6.07, 6.45) is -1.00. The van der Waals surface area contributed by atoms with Gasteiger partial charge >= 0.3 is 5.97 Å². The maximum atomic E-state index is 13.3. The van der Waals surface area contributed by atoms with Crippen molar-refractivity contribution in [2.45, 2.75) is 26.4 Å². The van der Waals surface area contributed by atoms with Crippen molar-refractivity contribution in [3.8, 4) is 5.75 Å². The summed E-state index contributed by atoms with van der Waals surface area (Å²) in [6, 6.07) is 11.9. The summed E-state index contributed by atoms with van der Waals surface area (Å²) in [5, 5.41) is 1.23. The minimum atomic E-state index is -0.906. The second kappa shape index (κ2) is 9.44. The minimum absolute atomic E-state index is 0.0958. The molecule has 0 aliphatic rings. The molecule has 168 valence electrons. The smallest absolute Gasteiger partial charge is 0.311 e. The van der Waals surface area contributed by atoms with Crippen LogP contribution in [0.25, 0.3) is 10.9 Å². The summed E-state index contributed by atoms with van der Waals surface area (Å²) in [4.78, 5) is 39.4. The number of hydrogen-bond donors (Lipinski definition) is 0. The van der Waals surface area contributed by atoms with Crippen molar-refractivity contribution < 1.29 is 23.9 Å². The normalized spacial score (nSPS) is 11.8. The van der Waals surface area contributed by atoms with Gasteiger partial charge in [-0.05, 0) is 61.9 Å². The zero-order chi connectivity index (χ0) is 23.6. The number of hydrogen-bond acceptors (Lipinski definition) is 5. The molecule has 0 unspecified atom stereocenters. The third-order valence-electron chi connectivity index (χ3n) is 5.25. The first-order chi connectivity index (χ1) is 15.1. The van der Waals surface area contributed by atoms with E-state index in [2.05, 4.69) is 0 Å². The predicted molar refractivity (Wildman–Crippen MR) is 122 cm³/mol. The summed E-state index contributed by atoms with van der Waals surface area (Å²) < 4.78 is 12.2. The molecule has 3 rings (SSSR count). The van der Waals surface area contributed by atoms with Gasteiger partial charge in [0.2, 0.25) is 0 Å². The van der Waals surface area contributed by atoms with Crippen LogP contribution < -0.4 is 4.74 Å². The Balaban J connectivity index is 2.03. The third kappa shape index (κ3) is 4.62. The molecular formula is C24H25ClN2O5. The molecular weight excluding hydrogens is 432 g/mol. The highest BCUT2D eigenvalue weighted by Crippen LogP contribution is 2.31. The fourth-order valence-electron chi connectivity index (χ4n) is 3.59. The van der Waals surface area contributed by atoms with Gasteiger partial charge < -0.3 is 14.4 Å². The molecule has 8 heteroatoms. The Hall–Kier alpha value is -3.32. The molecule has 0 N–H and O–H groups in total. The molecule has 1 aromatic heterocycles. The van der Waals surface area contributed by atoms with E-state index in [4.69, 9.17) is 21.1 Å². The van der Waals surface area contributed by atoms with Crippen molar-refractivity contribution in [1.29, 1.82) is 0 Å². The summed E-state index contributed by atoms with van der Waals surface area (Å²) in [5.74, 6) is -0.516. The Labute approximate surface area is 191 Å². The number of nitrogens with zero attached hydrogens (tertiary/aromatic N) is 2. The number of aromatic nitrogens is 1. The number of esters is 1. The van der Waals surface area contributed by atoms with Crippen molar-refractivity contribution in [1.82, 2.24) is 9.47 Å². The van der Waals surface area contributed by atoms with E-state index in [0.29, 0.717) is 38.5 Å². The number of rotatable bonds is 6. The molecule has 0 radical (unpaired) electrons.